The minimum Gasteiger partial charge on any atom is -0.355 e. The van der Waals surface area contributed by atoms with Crippen molar-refractivity contribution in [2.75, 3.05) is 18.0 Å². The van der Waals surface area contributed by atoms with Crippen molar-refractivity contribution in [2.45, 2.75) is 26.7 Å². The van der Waals surface area contributed by atoms with Crippen LogP contribution in [0.5, 0.6) is 0 Å². The topological polar surface area (TPSA) is 44.8 Å². The average Bonchev–Trinajstić information content (AvgIpc) is 2.59. The van der Waals surface area contributed by atoms with E-state index in [0.717, 1.165) is 18.9 Å². The summed E-state index contributed by atoms with van der Waals surface area (Å²) < 4.78 is 0. The normalized spacial score (nSPS) is 10.2. The Labute approximate surface area is 73.0 Å². The fourth-order valence-corrected chi connectivity index (χ4v) is 1.09. The van der Waals surface area contributed by atoms with Gasteiger partial charge in [-0.15, -0.1) is 5.10 Å². The van der Waals surface area contributed by atoms with Crippen molar-refractivity contribution >= 4 is 5.82 Å². The monoisotopic (exact) mass is 167 g/mol. The number of rotatable bonds is 5. The van der Waals surface area contributed by atoms with Gasteiger partial charge in [-0.25, -0.2) is 5.10 Å². The zero-order valence-corrected chi connectivity index (χ0v) is 7.67. The van der Waals surface area contributed by atoms with E-state index in [1.54, 1.807) is 0 Å². The molecule has 0 amide bonds. The predicted octanol–water partition coefficient (Wildman–Crippen LogP) is 1.23. The third-order valence-electron chi connectivity index (χ3n) is 1.84. The largest absolute Gasteiger partial charge is 0.355 e. The van der Waals surface area contributed by atoms with E-state index < -0.39 is 0 Å². The highest BCUT2D eigenvalue weighted by Crippen LogP contribution is 2.06. The van der Waals surface area contributed by atoms with Gasteiger partial charge in [0.15, 0.2) is 12.0 Å². The molecule has 1 N–H and O–H groups in total. The standard InChI is InChI=1S/C8H15N4/c1-3-5-6-12(4-2)8-7-9-11-10-8/h3-6H2,1-2H3,(H,9,10,11). The fraction of sp³-hybridized carbons (Fsp3) is 0.750. The molecule has 0 spiro atoms. The van der Waals surface area contributed by atoms with Crippen LogP contribution < -0.4 is 4.90 Å². The van der Waals surface area contributed by atoms with Crippen molar-refractivity contribution in [2.24, 2.45) is 0 Å². The van der Waals surface area contributed by atoms with Crippen molar-refractivity contribution in [3.63, 3.8) is 0 Å². The van der Waals surface area contributed by atoms with E-state index in [4.69, 9.17) is 0 Å². The predicted molar refractivity (Wildman–Crippen MR) is 48.0 cm³/mol. The Bertz CT molecular complexity index is 195. The van der Waals surface area contributed by atoms with Crippen molar-refractivity contribution < 1.29 is 0 Å². The number of aromatic nitrogens is 3. The molecule has 0 atom stereocenters. The van der Waals surface area contributed by atoms with Crippen molar-refractivity contribution in [3.8, 4) is 0 Å². The smallest absolute Gasteiger partial charge is 0.161 e. The second kappa shape index (κ2) is 4.74. The van der Waals surface area contributed by atoms with Gasteiger partial charge in [-0.1, -0.05) is 18.6 Å². The minimum atomic E-state index is 0.894. The molecule has 1 rings (SSSR count). The van der Waals surface area contributed by atoms with Gasteiger partial charge in [0, 0.05) is 13.1 Å². The summed E-state index contributed by atoms with van der Waals surface area (Å²) in [5.41, 5.74) is 0. The molecule has 4 nitrogen and oxygen atoms in total. The number of H-pyrrole nitrogens is 1. The third-order valence-corrected chi connectivity index (χ3v) is 1.84. The van der Waals surface area contributed by atoms with Crippen LogP contribution in [0.3, 0.4) is 0 Å². The van der Waals surface area contributed by atoms with Gasteiger partial charge in [0.05, 0.1) is 0 Å². The van der Waals surface area contributed by atoms with E-state index in [9.17, 15) is 0 Å². The summed E-state index contributed by atoms with van der Waals surface area (Å²) in [5.74, 6) is 0.894. The third kappa shape index (κ3) is 2.22. The van der Waals surface area contributed by atoms with Gasteiger partial charge in [-0.05, 0) is 13.3 Å². The molecule has 0 fully saturated rings. The molecule has 0 aliphatic carbocycles. The summed E-state index contributed by atoms with van der Waals surface area (Å²) in [5, 5.41) is 10.1. The first-order valence-corrected chi connectivity index (χ1v) is 4.42. The number of nitrogens with zero attached hydrogens (tertiary/aromatic N) is 3. The molecule has 1 aromatic heterocycles. The van der Waals surface area contributed by atoms with E-state index >= 15 is 0 Å². The first-order chi connectivity index (χ1) is 5.88. The SMILES string of the molecule is CCCCN(CC)c1[c]nn[nH]1. The number of anilines is 1. The van der Waals surface area contributed by atoms with Crippen molar-refractivity contribution in [1.29, 1.82) is 0 Å². The number of nitrogens with one attached hydrogen (secondary N) is 1. The molecule has 0 bridgehead atoms. The lowest BCUT2D eigenvalue weighted by atomic mass is 10.3. The fourth-order valence-electron chi connectivity index (χ4n) is 1.09. The second-order valence-corrected chi connectivity index (χ2v) is 2.71. The van der Waals surface area contributed by atoms with Crippen molar-refractivity contribution in [3.05, 3.63) is 6.20 Å². The molecular formula is C8H15N4. The van der Waals surface area contributed by atoms with Crippen LogP contribution in [-0.2, 0) is 0 Å². The minimum absolute atomic E-state index is 0.894. The maximum absolute atomic E-state index is 3.63. The van der Waals surface area contributed by atoms with Crippen LogP contribution in [0, 0.1) is 6.20 Å². The average molecular weight is 167 g/mol. The van der Waals surface area contributed by atoms with E-state index in [0.29, 0.717) is 0 Å². The Kier molecular flexibility index (Phi) is 3.57. The highest BCUT2D eigenvalue weighted by molar-refractivity contribution is 5.32. The lowest BCUT2D eigenvalue weighted by Gasteiger charge is -2.18. The lowest BCUT2D eigenvalue weighted by Crippen LogP contribution is -2.24. The summed E-state index contributed by atoms with van der Waals surface area (Å²) in [6.45, 7) is 6.32. The first-order valence-electron chi connectivity index (χ1n) is 4.42. The summed E-state index contributed by atoms with van der Waals surface area (Å²) in [6.07, 6.45) is 5.21. The highest BCUT2D eigenvalue weighted by Gasteiger charge is 2.04. The zero-order chi connectivity index (χ0) is 8.81. The van der Waals surface area contributed by atoms with E-state index in [2.05, 4.69) is 40.4 Å². The van der Waals surface area contributed by atoms with Gasteiger partial charge in [0.25, 0.3) is 0 Å². The van der Waals surface area contributed by atoms with Crippen LogP contribution >= 0.6 is 0 Å². The molecule has 67 valence electrons. The van der Waals surface area contributed by atoms with Gasteiger partial charge >= 0.3 is 0 Å². The quantitative estimate of drug-likeness (QED) is 0.717. The molecule has 0 aliphatic rings. The summed E-state index contributed by atoms with van der Waals surface area (Å²) in [7, 11) is 0. The van der Waals surface area contributed by atoms with Crippen molar-refractivity contribution in [1.82, 2.24) is 15.4 Å². The number of unbranched alkanes of at least 4 members (excludes halogenated alkanes) is 1. The summed E-state index contributed by atoms with van der Waals surface area (Å²) in [4.78, 5) is 2.18. The van der Waals surface area contributed by atoms with Crippen LogP contribution in [0.2, 0.25) is 0 Å². The Morgan fingerprint density at radius 1 is 1.50 bits per heavy atom. The molecular weight excluding hydrogens is 152 g/mol. The van der Waals surface area contributed by atoms with Gasteiger partial charge in [0.1, 0.15) is 0 Å². The molecule has 1 aromatic rings. The molecule has 12 heavy (non-hydrogen) atoms. The number of hydrogen-bond donors (Lipinski definition) is 1. The zero-order valence-electron chi connectivity index (χ0n) is 7.67. The number of aromatic amines is 1. The maximum atomic E-state index is 3.63. The van der Waals surface area contributed by atoms with Crippen LogP contribution in [-0.4, -0.2) is 28.5 Å². The molecule has 0 aromatic carbocycles. The van der Waals surface area contributed by atoms with E-state index in [1.807, 2.05) is 0 Å². The molecule has 0 unspecified atom stereocenters. The Morgan fingerprint density at radius 2 is 2.33 bits per heavy atom. The Balaban J connectivity index is 2.45. The Hall–Kier alpha value is -1.06. The Morgan fingerprint density at radius 3 is 2.83 bits per heavy atom. The van der Waals surface area contributed by atoms with Crippen LogP contribution in [0.1, 0.15) is 26.7 Å². The van der Waals surface area contributed by atoms with Gasteiger partial charge in [0.2, 0.25) is 0 Å². The van der Waals surface area contributed by atoms with Crippen LogP contribution in [0.25, 0.3) is 0 Å². The highest BCUT2D eigenvalue weighted by atomic mass is 15.4. The van der Waals surface area contributed by atoms with E-state index in [-0.39, 0.29) is 0 Å². The van der Waals surface area contributed by atoms with Gasteiger partial charge < -0.3 is 4.90 Å². The molecule has 4 heteroatoms. The first kappa shape index (κ1) is 9.03. The molecule has 0 saturated carbocycles. The van der Waals surface area contributed by atoms with Gasteiger partial charge in [-0.2, -0.15) is 0 Å². The summed E-state index contributed by atoms with van der Waals surface area (Å²) >= 11 is 0. The van der Waals surface area contributed by atoms with Gasteiger partial charge in [-0.3, -0.25) is 0 Å². The van der Waals surface area contributed by atoms with Crippen LogP contribution in [0.15, 0.2) is 0 Å². The second-order valence-electron chi connectivity index (χ2n) is 2.71. The molecule has 0 saturated heterocycles. The molecule has 1 radical (unpaired) electrons. The maximum Gasteiger partial charge on any atom is 0.161 e. The lowest BCUT2D eigenvalue weighted by molar-refractivity contribution is 0.722. The summed E-state index contributed by atoms with van der Waals surface area (Å²) in [6, 6.07) is 0. The molecule has 1 heterocycles. The number of hydrogen-bond acceptors (Lipinski definition) is 3. The molecule has 0 aliphatic heterocycles. The van der Waals surface area contributed by atoms with Crippen LogP contribution in [0.4, 0.5) is 5.82 Å². The van der Waals surface area contributed by atoms with E-state index in [1.165, 1.54) is 12.8 Å².